The summed E-state index contributed by atoms with van der Waals surface area (Å²) in [5.74, 6) is 1.78. The standard InChI is InChI=1S/C25H34N2O4S/c1-29-20-14-17(15-21(30-2)23(20)31-3)16-22-24(28)27(19-12-8-5-9-13-19)25(32-22)26-18-10-6-4-7-11-18/h14-16,18-19H,4-13H2,1-3H3. The van der Waals surface area contributed by atoms with E-state index in [1.54, 1.807) is 21.3 Å². The van der Waals surface area contributed by atoms with Crippen LogP contribution in [0.3, 0.4) is 0 Å². The molecule has 1 aromatic carbocycles. The van der Waals surface area contributed by atoms with Crippen LogP contribution in [0.2, 0.25) is 0 Å². The predicted molar refractivity (Wildman–Crippen MR) is 130 cm³/mol. The Hall–Kier alpha value is -2.15. The van der Waals surface area contributed by atoms with Gasteiger partial charge in [0.1, 0.15) is 0 Å². The zero-order valence-electron chi connectivity index (χ0n) is 19.4. The van der Waals surface area contributed by atoms with E-state index in [0.29, 0.717) is 28.2 Å². The highest BCUT2D eigenvalue weighted by atomic mass is 32.2. The molecule has 174 valence electrons. The van der Waals surface area contributed by atoms with Crippen molar-refractivity contribution < 1.29 is 19.0 Å². The van der Waals surface area contributed by atoms with Crippen molar-refractivity contribution in [1.82, 2.24) is 4.90 Å². The summed E-state index contributed by atoms with van der Waals surface area (Å²) in [6.45, 7) is 0. The minimum absolute atomic E-state index is 0.0743. The van der Waals surface area contributed by atoms with Crippen molar-refractivity contribution in [2.24, 2.45) is 4.99 Å². The number of hydrogen-bond acceptors (Lipinski definition) is 6. The number of nitrogens with zero attached hydrogens (tertiary/aromatic N) is 2. The number of ether oxygens (including phenoxy) is 3. The zero-order chi connectivity index (χ0) is 22.5. The molecule has 1 saturated heterocycles. The first kappa shape index (κ1) is 23.0. The van der Waals surface area contributed by atoms with Gasteiger partial charge in [0.05, 0.1) is 32.3 Å². The van der Waals surface area contributed by atoms with Gasteiger partial charge in [0.25, 0.3) is 5.91 Å². The van der Waals surface area contributed by atoms with Gasteiger partial charge in [0.2, 0.25) is 5.75 Å². The summed E-state index contributed by atoms with van der Waals surface area (Å²) in [6.07, 6.45) is 13.7. The smallest absolute Gasteiger partial charge is 0.266 e. The number of amides is 1. The van der Waals surface area contributed by atoms with Crippen LogP contribution in [0.5, 0.6) is 17.2 Å². The first-order valence-corrected chi connectivity index (χ1v) is 12.6. The molecule has 1 heterocycles. The lowest BCUT2D eigenvalue weighted by Crippen LogP contribution is -2.41. The SMILES string of the molecule is COc1cc(C=C2SC(=NC3CCCCC3)N(C3CCCCC3)C2=O)cc(OC)c1OC. The summed E-state index contributed by atoms with van der Waals surface area (Å²) >= 11 is 1.52. The molecule has 3 aliphatic rings. The van der Waals surface area contributed by atoms with E-state index in [-0.39, 0.29) is 11.9 Å². The Morgan fingerprint density at radius 3 is 2.06 bits per heavy atom. The fourth-order valence-electron chi connectivity index (χ4n) is 4.94. The van der Waals surface area contributed by atoms with Gasteiger partial charge >= 0.3 is 0 Å². The molecule has 0 atom stereocenters. The van der Waals surface area contributed by atoms with Crippen LogP contribution in [0.4, 0.5) is 0 Å². The molecule has 6 nitrogen and oxygen atoms in total. The maximum absolute atomic E-state index is 13.6. The number of benzene rings is 1. The van der Waals surface area contributed by atoms with Crippen molar-refractivity contribution in [3.05, 3.63) is 22.6 Å². The summed E-state index contributed by atoms with van der Waals surface area (Å²) < 4.78 is 16.4. The van der Waals surface area contributed by atoms with Crippen molar-refractivity contribution in [2.45, 2.75) is 76.3 Å². The number of thioether (sulfide) groups is 1. The van der Waals surface area contributed by atoms with Crippen LogP contribution < -0.4 is 14.2 Å². The minimum Gasteiger partial charge on any atom is -0.493 e. The molecule has 32 heavy (non-hydrogen) atoms. The third-order valence-corrected chi connectivity index (χ3v) is 7.63. The lowest BCUT2D eigenvalue weighted by molar-refractivity contribution is -0.124. The molecule has 0 radical (unpaired) electrons. The van der Waals surface area contributed by atoms with Crippen LogP contribution in [0.1, 0.15) is 69.8 Å². The van der Waals surface area contributed by atoms with Crippen molar-refractivity contribution in [2.75, 3.05) is 21.3 Å². The van der Waals surface area contributed by atoms with E-state index >= 15 is 0 Å². The highest BCUT2D eigenvalue weighted by Gasteiger charge is 2.39. The van der Waals surface area contributed by atoms with E-state index in [0.717, 1.165) is 36.4 Å². The average Bonchev–Trinajstić information content (AvgIpc) is 3.13. The van der Waals surface area contributed by atoms with Gasteiger partial charge in [-0.1, -0.05) is 38.5 Å². The lowest BCUT2D eigenvalue weighted by atomic mass is 9.94. The van der Waals surface area contributed by atoms with Crippen molar-refractivity contribution in [1.29, 1.82) is 0 Å². The summed E-state index contributed by atoms with van der Waals surface area (Å²) in [6, 6.07) is 4.36. The summed E-state index contributed by atoms with van der Waals surface area (Å²) in [5, 5.41) is 0.896. The van der Waals surface area contributed by atoms with Crippen molar-refractivity contribution >= 4 is 28.9 Å². The number of amidine groups is 1. The number of hydrogen-bond donors (Lipinski definition) is 0. The summed E-state index contributed by atoms with van der Waals surface area (Å²) in [5.41, 5.74) is 0.845. The van der Waals surface area contributed by atoms with Crippen LogP contribution in [-0.2, 0) is 4.79 Å². The zero-order valence-corrected chi connectivity index (χ0v) is 20.2. The Kier molecular flexibility index (Phi) is 7.66. The maximum Gasteiger partial charge on any atom is 0.266 e. The van der Waals surface area contributed by atoms with Crippen molar-refractivity contribution in [3.63, 3.8) is 0 Å². The molecule has 0 aromatic heterocycles. The third kappa shape index (κ3) is 4.92. The van der Waals surface area contributed by atoms with E-state index in [1.807, 2.05) is 23.1 Å². The molecule has 0 bridgehead atoms. The number of rotatable bonds is 6. The Morgan fingerprint density at radius 2 is 1.50 bits per heavy atom. The van der Waals surface area contributed by atoms with Crippen LogP contribution >= 0.6 is 11.8 Å². The Balaban J connectivity index is 1.67. The normalized spacial score (nSPS) is 23.2. The average molecular weight is 459 g/mol. The van der Waals surface area contributed by atoms with Gasteiger partial charge in [0, 0.05) is 6.04 Å². The Morgan fingerprint density at radius 1 is 0.906 bits per heavy atom. The van der Waals surface area contributed by atoms with Crippen molar-refractivity contribution in [3.8, 4) is 17.2 Å². The van der Waals surface area contributed by atoms with E-state index in [2.05, 4.69) is 0 Å². The third-order valence-electron chi connectivity index (χ3n) is 6.63. The number of carbonyl (C=O) groups is 1. The van der Waals surface area contributed by atoms with Gasteiger partial charge < -0.3 is 14.2 Å². The second kappa shape index (κ2) is 10.6. The van der Waals surface area contributed by atoms with Gasteiger partial charge in [-0.25, -0.2) is 0 Å². The quantitative estimate of drug-likeness (QED) is 0.516. The minimum atomic E-state index is 0.0743. The molecule has 2 saturated carbocycles. The molecule has 1 amide bonds. The second-order valence-electron chi connectivity index (χ2n) is 8.74. The molecule has 0 N–H and O–H groups in total. The second-order valence-corrected chi connectivity index (χ2v) is 9.75. The molecule has 3 fully saturated rings. The molecule has 0 spiro atoms. The molecule has 4 rings (SSSR count). The highest BCUT2D eigenvalue weighted by molar-refractivity contribution is 8.18. The summed E-state index contributed by atoms with van der Waals surface area (Å²) in [4.78, 5) is 21.4. The van der Waals surface area contributed by atoms with Crippen LogP contribution in [0, 0.1) is 0 Å². The van der Waals surface area contributed by atoms with Gasteiger partial charge in [-0.15, -0.1) is 0 Å². The fraction of sp³-hybridized carbons (Fsp3) is 0.600. The monoisotopic (exact) mass is 458 g/mol. The number of methoxy groups -OCH3 is 3. The largest absolute Gasteiger partial charge is 0.493 e. The fourth-order valence-corrected chi connectivity index (χ4v) is 6.05. The molecule has 2 aliphatic carbocycles. The van der Waals surface area contributed by atoms with E-state index in [4.69, 9.17) is 19.2 Å². The molecule has 0 unspecified atom stereocenters. The topological polar surface area (TPSA) is 60.4 Å². The molecule has 1 aliphatic heterocycles. The van der Waals surface area contributed by atoms with E-state index in [1.165, 1.54) is 50.3 Å². The highest BCUT2D eigenvalue weighted by Crippen LogP contribution is 2.42. The molecule has 1 aromatic rings. The van der Waals surface area contributed by atoms with Gasteiger partial charge in [-0.2, -0.15) is 0 Å². The van der Waals surface area contributed by atoms with Crippen LogP contribution in [-0.4, -0.2) is 49.4 Å². The lowest BCUT2D eigenvalue weighted by Gasteiger charge is -2.31. The predicted octanol–water partition coefficient (Wildman–Crippen LogP) is 5.65. The first-order chi connectivity index (χ1) is 15.6. The van der Waals surface area contributed by atoms with Crippen LogP contribution in [0.15, 0.2) is 22.0 Å². The Bertz CT molecular complexity index is 861. The number of carbonyl (C=O) groups excluding carboxylic acids is 1. The van der Waals surface area contributed by atoms with Gasteiger partial charge in [-0.05, 0) is 61.2 Å². The van der Waals surface area contributed by atoms with Crippen LogP contribution in [0.25, 0.3) is 6.08 Å². The van der Waals surface area contributed by atoms with Gasteiger partial charge in [0.15, 0.2) is 16.7 Å². The Labute approximate surface area is 195 Å². The maximum atomic E-state index is 13.6. The van der Waals surface area contributed by atoms with E-state index < -0.39 is 0 Å². The number of aliphatic imine (C=N–C) groups is 1. The summed E-state index contributed by atoms with van der Waals surface area (Å²) in [7, 11) is 4.79. The first-order valence-electron chi connectivity index (χ1n) is 11.8. The molecule has 7 heteroatoms. The van der Waals surface area contributed by atoms with Gasteiger partial charge in [-0.3, -0.25) is 14.7 Å². The van der Waals surface area contributed by atoms with E-state index in [9.17, 15) is 4.79 Å². The molecular formula is C25H34N2O4S. The molecular weight excluding hydrogens is 424 g/mol.